The number of benzene rings is 2. The molecule has 5 nitrogen and oxygen atoms in total. The first-order chi connectivity index (χ1) is 14.0. The van der Waals surface area contributed by atoms with Gasteiger partial charge in [-0.05, 0) is 61.4 Å². The zero-order valence-corrected chi connectivity index (χ0v) is 16.4. The normalized spacial score (nSPS) is 13.6. The largest absolute Gasteiger partial charge is 0.462 e. The first-order valence-electron chi connectivity index (χ1n) is 9.24. The van der Waals surface area contributed by atoms with Crippen LogP contribution < -0.4 is 0 Å². The summed E-state index contributed by atoms with van der Waals surface area (Å²) in [5.74, 6) is -1.17. The van der Waals surface area contributed by atoms with Gasteiger partial charge in [0.15, 0.2) is 0 Å². The molecule has 1 N–H and O–H groups in total. The zero-order valence-electron chi connectivity index (χ0n) is 15.7. The quantitative estimate of drug-likeness (QED) is 0.641. The minimum Gasteiger partial charge on any atom is -0.462 e. The fourth-order valence-electron chi connectivity index (χ4n) is 3.51. The second-order valence-electron chi connectivity index (χ2n) is 6.69. The molecule has 0 spiro atoms. The number of rotatable bonds is 3. The highest BCUT2D eigenvalue weighted by Gasteiger charge is 2.27. The number of carbonyl (C=O) groups is 2. The van der Waals surface area contributed by atoms with E-state index in [1.165, 1.54) is 23.2 Å². The first-order valence-corrected chi connectivity index (χ1v) is 9.61. The molecular weight excluding hydrogens is 395 g/mol. The maximum Gasteiger partial charge on any atom is 0.341 e. The summed E-state index contributed by atoms with van der Waals surface area (Å²) in [5, 5.41) is 1.22. The lowest BCUT2D eigenvalue weighted by molar-refractivity contribution is -0.136. The van der Waals surface area contributed by atoms with E-state index in [0.29, 0.717) is 34.6 Å². The second-order valence-corrected chi connectivity index (χ2v) is 7.12. The van der Waals surface area contributed by atoms with Crippen LogP contribution in [0.1, 0.15) is 28.5 Å². The Morgan fingerprint density at radius 3 is 2.69 bits per heavy atom. The van der Waals surface area contributed by atoms with Crippen LogP contribution in [-0.2, 0) is 16.0 Å². The number of aromatic amines is 1. The van der Waals surface area contributed by atoms with Crippen LogP contribution in [0.25, 0.3) is 16.5 Å². The summed E-state index contributed by atoms with van der Waals surface area (Å²) < 4.78 is 19.0. The molecule has 148 valence electrons. The van der Waals surface area contributed by atoms with Crippen molar-refractivity contribution in [3.63, 3.8) is 0 Å². The Balaban J connectivity index is 1.80. The zero-order chi connectivity index (χ0) is 20.5. The standard InChI is InChI=1S/C22H18ClFN2O3/c1-2-29-22(28)18-12-26(21(27)13-3-5-14(23)6-4-13)10-9-16-17-11-15(24)7-8-19(17)25-20(16)18/h3-8,11-12,25H,2,9-10H2,1H3. The molecule has 1 aliphatic rings. The molecule has 3 aromatic rings. The number of aromatic nitrogens is 1. The number of ether oxygens (including phenoxy) is 1. The third kappa shape index (κ3) is 3.63. The highest BCUT2D eigenvalue weighted by Crippen LogP contribution is 2.32. The molecule has 2 heterocycles. The lowest BCUT2D eigenvalue weighted by Crippen LogP contribution is -2.28. The van der Waals surface area contributed by atoms with E-state index in [1.54, 1.807) is 37.3 Å². The van der Waals surface area contributed by atoms with E-state index in [1.807, 2.05) is 0 Å². The molecule has 4 rings (SSSR count). The summed E-state index contributed by atoms with van der Waals surface area (Å²) >= 11 is 5.91. The van der Waals surface area contributed by atoms with E-state index < -0.39 is 5.97 Å². The van der Waals surface area contributed by atoms with Gasteiger partial charge in [0.25, 0.3) is 5.91 Å². The van der Waals surface area contributed by atoms with Crippen LogP contribution in [0.5, 0.6) is 0 Å². The molecule has 7 heteroatoms. The van der Waals surface area contributed by atoms with Crippen molar-refractivity contribution in [2.45, 2.75) is 13.3 Å². The van der Waals surface area contributed by atoms with Crippen LogP contribution in [-0.4, -0.2) is 34.9 Å². The van der Waals surface area contributed by atoms with Gasteiger partial charge in [-0.15, -0.1) is 0 Å². The van der Waals surface area contributed by atoms with Crippen molar-refractivity contribution in [2.24, 2.45) is 0 Å². The maximum absolute atomic E-state index is 13.8. The number of nitrogens with one attached hydrogen (secondary N) is 1. The SMILES string of the molecule is CCOC(=O)C1=CN(C(=O)c2ccc(Cl)cc2)CCc2c1[nH]c1ccc(F)cc21. The van der Waals surface area contributed by atoms with E-state index >= 15 is 0 Å². The Labute approximate surface area is 171 Å². The predicted molar refractivity (Wildman–Crippen MR) is 109 cm³/mol. The minimum absolute atomic E-state index is 0.200. The smallest absolute Gasteiger partial charge is 0.341 e. The summed E-state index contributed by atoms with van der Waals surface area (Å²) in [4.78, 5) is 30.3. The van der Waals surface area contributed by atoms with Gasteiger partial charge in [0.1, 0.15) is 5.82 Å². The number of nitrogens with zero attached hydrogens (tertiary/aromatic N) is 1. The maximum atomic E-state index is 13.8. The van der Waals surface area contributed by atoms with E-state index in [4.69, 9.17) is 16.3 Å². The molecule has 29 heavy (non-hydrogen) atoms. The van der Waals surface area contributed by atoms with Gasteiger partial charge in [-0.2, -0.15) is 0 Å². The van der Waals surface area contributed by atoms with E-state index in [0.717, 1.165) is 11.1 Å². The van der Waals surface area contributed by atoms with Crippen molar-refractivity contribution in [2.75, 3.05) is 13.2 Å². The van der Waals surface area contributed by atoms with Crippen molar-refractivity contribution >= 4 is 40.0 Å². The number of hydrogen-bond donors (Lipinski definition) is 1. The molecule has 0 saturated heterocycles. The summed E-state index contributed by atoms with van der Waals surface area (Å²) in [6.07, 6.45) is 1.96. The Hall–Kier alpha value is -3.12. The predicted octanol–water partition coefficient (Wildman–Crippen LogP) is 4.56. The minimum atomic E-state index is -0.545. The molecule has 0 bridgehead atoms. The van der Waals surface area contributed by atoms with Gasteiger partial charge < -0.3 is 14.6 Å². The molecule has 1 aliphatic heterocycles. The Morgan fingerprint density at radius 1 is 1.21 bits per heavy atom. The lowest BCUT2D eigenvalue weighted by atomic mass is 10.0. The number of halogens is 2. The van der Waals surface area contributed by atoms with Gasteiger partial charge in [-0.1, -0.05) is 11.6 Å². The Morgan fingerprint density at radius 2 is 1.97 bits per heavy atom. The summed E-state index contributed by atoms with van der Waals surface area (Å²) in [6.45, 7) is 2.25. The van der Waals surface area contributed by atoms with Crippen LogP contribution in [0.4, 0.5) is 4.39 Å². The number of amides is 1. The molecule has 0 radical (unpaired) electrons. The molecule has 1 amide bonds. The van der Waals surface area contributed by atoms with Gasteiger partial charge in [-0.3, -0.25) is 4.79 Å². The number of carbonyl (C=O) groups excluding carboxylic acids is 2. The number of H-pyrrole nitrogens is 1. The fourth-order valence-corrected chi connectivity index (χ4v) is 3.63. The lowest BCUT2D eigenvalue weighted by Gasteiger charge is -2.18. The van der Waals surface area contributed by atoms with E-state index in [-0.39, 0.29) is 23.9 Å². The van der Waals surface area contributed by atoms with Crippen LogP contribution >= 0.6 is 11.6 Å². The molecule has 1 aromatic heterocycles. The topological polar surface area (TPSA) is 62.4 Å². The monoisotopic (exact) mass is 412 g/mol. The average Bonchev–Trinajstić information content (AvgIpc) is 2.94. The molecule has 0 saturated carbocycles. The van der Waals surface area contributed by atoms with Gasteiger partial charge in [0.05, 0.1) is 17.9 Å². The molecule has 0 atom stereocenters. The summed E-state index contributed by atoms with van der Waals surface area (Å²) in [6, 6.07) is 11.0. The second kappa shape index (κ2) is 7.72. The van der Waals surface area contributed by atoms with Crippen LogP contribution in [0.2, 0.25) is 5.02 Å². The molecule has 0 fully saturated rings. The van der Waals surface area contributed by atoms with Crippen molar-refractivity contribution in [3.8, 4) is 0 Å². The molecular formula is C22H18ClFN2O3. The summed E-state index contributed by atoms with van der Waals surface area (Å²) in [5.41, 5.74) is 2.75. The fraction of sp³-hybridized carbons (Fsp3) is 0.182. The highest BCUT2D eigenvalue weighted by atomic mass is 35.5. The number of hydrogen-bond acceptors (Lipinski definition) is 3. The van der Waals surface area contributed by atoms with Gasteiger partial charge in [0.2, 0.25) is 0 Å². The Kier molecular flexibility index (Phi) is 5.11. The Bertz CT molecular complexity index is 1130. The number of esters is 1. The van der Waals surface area contributed by atoms with Crippen LogP contribution in [0.3, 0.4) is 0 Å². The molecule has 0 aliphatic carbocycles. The van der Waals surface area contributed by atoms with E-state index in [2.05, 4.69) is 4.98 Å². The highest BCUT2D eigenvalue weighted by molar-refractivity contribution is 6.30. The number of fused-ring (bicyclic) bond motifs is 3. The van der Waals surface area contributed by atoms with Crippen molar-refractivity contribution in [3.05, 3.63) is 76.3 Å². The average molecular weight is 413 g/mol. The summed E-state index contributed by atoms with van der Waals surface area (Å²) in [7, 11) is 0. The van der Waals surface area contributed by atoms with Crippen molar-refractivity contribution < 1.29 is 18.7 Å². The van der Waals surface area contributed by atoms with Crippen LogP contribution in [0.15, 0.2) is 48.7 Å². The molecule has 0 unspecified atom stereocenters. The third-order valence-corrected chi connectivity index (χ3v) is 5.12. The van der Waals surface area contributed by atoms with Gasteiger partial charge in [0, 0.05) is 34.2 Å². The third-order valence-electron chi connectivity index (χ3n) is 4.87. The van der Waals surface area contributed by atoms with Crippen molar-refractivity contribution in [1.29, 1.82) is 0 Å². The van der Waals surface area contributed by atoms with E-state index in [9.17, 15) is 14.0 Å². The first kappa shape index (κ1) is 19.2. The van der Waals surface area contributed by atoms with Crippen molar-refractivity contribution in [1.82, 2.24) is 9.88 Å². The van der Waals surface area contributed by atoms with Gasteiger partial charge >= 0.3 is 5.97 Å². The molecule has 2 aromatic carbocycles. The van der Waals surface area contributed by atoms with Gasteiger partial charge in [-0.25, -0.2) is 9.18 Å². The van der Waals surface area contributed by atoms with Crippen LogP contribution in [0, 0.1) is 5.82 Å².